The molecule has 244 valence electrons. The fourth-order valence-electron chi connectivity index (χ4n) is 5.99. The van der Waals surface area contributed by atoms with Crippen molar-refractivity contribution < 1.29 is 15.9 Å². The number of benzene rings is 6. The third kappa shape index (κ3) is 9.75. The van der Waals surface area contributed by atoms with Gasteiger partial charge in [-0.05, 0) is 111 Å². The van der Waals surface area contributed by atoms with Crippen LogP contribution in [0.25, 0.3) is 0 Å². The van der Waals surface area contributed by atoms with E-state index in [9.17, 15) is 0 Å². The minimum atomic E-state index is -0.968. The zero-order chi connectivity index (χ0) is 33.8. The fraction of sp³-hybridized carbons (Fsp3) is 0.143. The van der Waals surface area contributed by atoms with Crippen molar-refractivity contribution in [3.05, 3.63) is 179 Å². The molecule has 0 atom stereocenters. The summed E-state index contributed by atoms with van der Waals surface area (Å²) in [6.45, 7) is 13.4. The predicted octanol–water partition coefficient (Wildman–Crippen LogP) is 9.58. The van der Waals surface area contributed by atoms with Gasteiger partial charge in [0.25, 0.3) is 0 Å². The summed E-state index contributed by atoms with van der Waals surface area (Å²) in [5.74, 6) is 0. The molecular weight excluding hydrogens is 744 g/mol. The van der Waals surface area contributed by atoms with Gasteiger partial charge >= 0.3 is 35.0 Å². The molecule has 5 heteroatoms. The molecule has 0 N–H and O–H groups in total. The first kappa shape index (κ1) is 37.2. The van der Waals surface area contributed by atoms with Gasteiger partial charge in [0.1, 0.15) is 31.8 Å². The molecule has 0 heterocycles. The van der Waals surface area contributed by atoms with Crippen LogP contribution in [0.2, 0.25) is 0 Å². The average molecular weight is 788 g/mol. The molecule has 0 saturated heterocycles. The monoisotopic (exact) mass is 786 g/mol. The van der Waals surface area contributed by atoms with Gasteiger partial charge in [0.05, 0.1) is 15.8 Å². The number of hydrogen-bond acceptors (Lipinski definition) is 0. The summed E-state index contributed by atoms with van der Waals surface area (Å²) < 4.78 is 0. The number of hydrogen-bond donors (Lipinski definition) is 0. The number of halogens is 2. The van der Waals surface area contributed by atoms with E-state index in [1.54, 1.807) is 0 Å². The molecule has 6 aromatic rings. The van der Waals surface area contributed by atoms with E-state index in [1.165, 1.54) is 65.2 Å². The zero-order valence-corrected chi connectivity index (χ0v) is 33.0. The molecule has 0 aliphatic heterocycles. The van der Waals surface area contributed by atoms with Crippen molar-refractivity contribution >= 4 is 66.7 Å². The van der Waals surface area contributed by atoms with E-state index in [1.807, 2.05) is 0 Å². The van der Waals surface area contributed by atoms with Crippen LogP contribution in [-0.4, -0.2) is 0 Å². The fourth-order valence-corrected chi connectivity index (χ4v) is 12.2. The van der Waals surface area contributed by atoms with Gasteiger partial charge in [0.2, 0.25) is 0 Å². The van der Waals surface area contributed by atoms with E-state index < -0.39 is 15.8 Å². The summed E-state index contributed by atoms with van der Waals surface area (Å²) in [5.41, 5.74) is 8.35. The Bertz CT molecular complexity index is 1530. The van der Waals surface area contributed by atoms with Crippen LogP contribution in [0, 0.1) is 41.5 Å². The first-order chi connectivity index (χ1) is 22.8. The first-order valence-corrected chi connectivity index (χ1v) is 22.7. The molecule has 47 heavy (non-hydrogen) atoms. The Kier molecular flexibility index (Phi) is 14.9. The van der Waals surface area contributed by atoms with Gasteiger partial charge in [-0.3, -0.25) is 0 Å². The molecule has 0 aliphatic rings. The Labute approximate surface area is 301 Å². The van der Waals surface area contributed by atoms with Crippen molar-refractivity contribution in [2.45, 2.75) is 41.5 Å². The maximum absolute atomic E-state index is 4.81. The molecule has 0 amide bonds. The van der Waals surface area contributed by atoms with Gasteiger partial charge in [-0.15, -0.1) is 0 Å². The van der Waals surface area contributed by atoms with E-state index in [2.05, 4.69) is 187 Å². The second-order valence-corrected chi connectivity index (χ2v) is 18.8. The number of aryl methyl sites for hydroxylation is 6. The van der Waals surface area contributed by atoms with Crippen molar-refractivity contribution in [2.24, 2.45) is 0 Å². The molecular formula is C42H44Cl2P2Pd+2. The van der Waals surface area contributed by atoms with Gasteiger partial charge in [-0.2, -0.15) is 0 Å². The normalized spacial score (nSPS) is 10.7. The van der Waals surface area contributed by atoms with E-state index >= 15 is 0 Å². The van der Waals surface area contributed by atoms with E-state index in [0.29, 0.717) is 0 Å². The topological polar surface area (TPSA) is 0 Å². The Morgan fingerprint density at radius 3 is 0.553 bits per heavy atom. The third-order valence-electron chi connectivity index (χ3n) is 8.49. The van der Waals surface area contributed by atoms with Gasteiger partial charge < -0.3 is 0 Å². The molecule has 0 nitrogen and oxygen atoms in total. The van der Waals surface area contributed by atoms with Crippen LogP contribution in [0.5, 0.6) is 0 Å². The second-order valence-electron chi connectivity index (χ2n) is 11.7. The van der Waals surface area contributed by atoms with Crippen molar-refractivity contribution in [3.8, 4) is 0 Å². The van der Waals surface area contributed by atoms with E-state index in [0.717, 1.165) is 0 Å². The molecule has 0 radical (unpaired) electrons. The molecule has 0 unspecified atom stereocenters. The first-order valence-electron chi connectivity index (χ1n) is 15.7. The molecule has 6 aromatic carbocycles. The molecule has 0 aromatic heterocycles. The summed E-state index contributed by atoms with van der Waals surface area (Å²) in [6.07, 6.45) is 0. The summed E-state index contributed by atoms with van der Waals surface area (Å²) in [5, 5.41) is 8.98. The predicted molar refractivity (Wildman–Crippen MR) is 213 cm³/mol. The third-order valence-corrected chi connectivity index (χ3v) is 15.1. The average Bonchev–Trinajstić information content (AvgIpc) is 3.07. The van der Waals surface area contributed by atoms with Crippen LogP contribution in [-0.2, 0) is 15.9 Å². The van der Waals surface area contributed by atoms with Gasteiger partial charge in [-0.25, -0.2) is 0 Å². The molecule has 0 aliphatic carbocycles. The van der Waals surface area contributed by atoms with Gasteiger partial charge in [-0.1, -0.05) is 109 Å². The Balaban J connectivity index is 0.000000197. The van der Waals surface area contributed by atoms with Crippen LogP contribution in [0.15, 0.2) is 146 Å². The summed E-state index contributed by atoms with van der Waals surface area (Å²) in [6, 6.07) is 53.1. The van der Waals surface area contributed by atoms with Gasteiger partial charge in [0.15, 0.2) is 0 Å². The summed E-state index contributed by atoms with van der Waals surface area (Å²) in [4.78, 5) is 0. The molecule has 0 bridgehead atoms. The quantitative estimate of drug-likeness (QED) is 0.117. The summed E-state index contributed by atoms with van der Waals surface area (Å²) in [7, 11) is 7.69. The van der Waals surface area contributed by atoms with Crippen LogP contribution in [0.1, 0.15) is 33.4 Å². The van der Waals surface area contributed by atoms with Gasteiger partial charge in [0, 0.05) is 0 Å². The van der Waals surface area contributed by atoms with Crippen molar-refractivity contribution in [1.82, 2.24) is 0 Å². The zero-order valence-electron chi connectivity index (χ0n) is 27.9. The summed E-state index contributed by atoms with van der Waals surface area (Å²) >= 11 is -0.106. The van der Waals surface area contributed by atoms with E-state index in [4.69, 9.17) is 19.1 Å². The van der Waals surface area contributed by atoms with E-state index in [-0.39, 0.29) is 15.9 Å². The maximum atomic E-state index is 4.81. The Hall–Kier alpha value is -2.58. The SMILES string of the molecule is Cc1ccccc1[PH+](c1ccccc1C)c1ccccc1C.Cc1ccccc1[PH+](c1ccccc1C)c1ccccc1C.[Cl][Pd][Cl]. The molecule has 0 fully saturated rings. The second kappa shape index (κ2) is 18.8. The number of rotatable bonds is 6. The minimum absolute atomic E-state index is 0.106. The molecule has 0 spiro atoms. The van der Waals surface area contributed by atoms with Crippen LogP contribution in [0.3, 0.4) is 0 Å². The molecule has 6 rings (SSSR count). The van der Waals surface area contributed by atoms with Crippen molar-refractivity contribution in [1.29, 1.82) is 0 Å². The standard InChI is InChI=1S/2C21H21P.2ClH.Pd/c2*1-16-10-4-7-13-19(16)22(20-14-8-5-11-17(20)2)21-15-9-6-12-18(21)3;;;/h2*4-15H,1-3H3;2*1H;/q;;;;+2. The Morgan fingerprint density at radius 2 is 0.426 bits per heavy atom. The van der Waals surface area contributed by atoms with Crippen molar-refractivity contribution in [3.63, 3.8) is 0 Å². The van der Waals surface area contributed by atoms with Crippen LogP contribution < -0.4 is 31.8 Å². The van der Waals surface area contributed by atoms with Crippen LogP contribution >= 0.6 is 34.9 Å². The Morgan fingerprint density at radius 1 is 0.298 bits per heavy atom. The van der Waals surface area contributed by atoms with Crippen LogP contribution in [0.4, 0.5) is 0 Å². The molecule has 0 saturated carbocycles. The van der Waals surface area contributed by atoms with Crippen molar-refractivity contribution in [2.75, 3.05) is 0 Å².